The van der Waals surface area contributed by atoms with Gasteiger partial charge in [0.25, 0.3) is 0 Å². The van der Waals surface area contributed by atoms with Crippen LogP contribution in [0.2, 0.25) is 0 Å². The normalized spacial score (nSPS) is 15.6. The summed E-state index contributed by atoms with van der Waals surface area (Å²) in [5, 5.41) is 3.65. The van der Waals surface area contributed by atoms with Crippen molar-refractivity contribution < 1.29 is 18.6 Å². The molecule has 4 rings (SSSR count). The van der Waals surface area contributed by atoms with Gasteiger partial charge in [-0.15, -0.1) is 0 Å². The van der Waals surface area contributed by atoms with Crippen LogP contribution in [0.5, 0.6) is 17.2 Å². The summed E-state index contributed by atoms with van der Waals surface area (Å²) in [5.41, 5.74) is 3.45. The number of benzene rings is 2. The van der Waals surface area contributed by atoms with Gasteiger partial charge in [-0.25, -0.2) is 0 Å². The number of hydrogen-bond donors (Lipinski definition) is 1. The number of hydrogen-bond acceptors (Lipinski definition) is 5. The van der Waals surface area contributed by atoms with E-state index in [-0.39, 0.29) is 0 Å². The molecule has 5 nitrogen and oxygen atoms in total. The summed E-state index contributed by atoms with van der Waals surface area (Å²) < 4.78 is 22.8. The first kappa shape index (κ1) is 19.4. The minimum absolute atomic E-state index is 0.309. The summed E-state index contributed by atoms with van der Waals surface area (Å²) in [7, 11) is 3.31. The zero-order valence-electron chi connectivity index (χ0n) is 16.9. The maximum absolute atomic E-state index is 6.04. The molecule has 0 fully saturated rings. The Labute approximate surface area is 171 Å². The van der Waals surface area contributed by atoms with Crippen LogP contribution in [-0.2, 0) is 19.6 Å². The third kappa shape index (κ3) is 4.40. The molecule has 1 unspecified atom stereocenters. The first-order chi connectivity index (χ1) is 14.3. The van der Waals surface area contributed by atoms with Gasteiger partial charge in [0, 0.05) is 24.6 Å². The average Bonchev–Trinajstić information content (AvgIpc) is 3.26. The highest BCUT2D eigenvalue weighted by atomic mass is 16.5. The summed E-state index contributed by atoms with van der Waals surface area (Å²) in [5.74, 6) is 3.07. The van der Waals surface area contributed by atoms with Gasteiger partial charge in [-0.05, 0) is 42.2 Å². The van der Waals surface area contributed by atoms with Crippen molar-refractivity contribution in [2.24, 2.45) is 0 Å². The van der Waals surface area contributed by atoms with Crippen LogP contribution in [0, 0.1) is 0 Å². The predicted octanol–water partition coefficient (Wildman–Crippen LogP) is 5.04. The van der Waals surface area contributed by atoms with Gasteiger partial charge in [-0.1, -0.05) is 30.3 Å². The second kappa shape index (κ2) is 9.05. The van der Waals surface area contributed by atoms with Crippen molar-refractivity contribution in [3.8, 4) is 17.2 Å². The maximum atomic E-state index is 6.04. The van der Waals surface area contributed by atoms with Gasteiger partial charge >= 0.3 is 0 Å². The van der Waals surface area contributed by atoms with Crippen molar-refractivity contribution in [3.05, 3.63) is 77.2 Å². The van der Waals surface area contributed by atoms with E-state index in [1.165, 1.54) is 5.56 Å². The third-order valence-electron chi connectivity index (χ3n) is 5.35. The van der Waals surface area contributed by atoms with Crippen molar-refractivity contribution in [3.63, 3.8) is 0 Å². The summed E-state index contributed by atoms with van der Waals surface area (Å²) in [4.78, 5) is 0. The molecule has 29 heavy (non-hydrogen) atoms. The largest absolute Gasteiger partial charge is 0.493 e. The average molecular weight is 393 g/mol. The van der Waals surface area contributed by atoms with Crippen molar-refractivity contribution in [2.75, 3.05) is 14.2 Å². The van der Waals surface area contributed by atoms with E-state index in [2.05, 4.69) is 11.4 Å². The minimum Gasteiger partial charge on any atom is -0.493 e. The fourth-order valence-electron chi connectivity index (χ4n) is 3.85. The zero-order valence-corrected chi connectivity index (χ0v) is 16.9. The van der Waals surface area contributed by atoms with Crippen LogP contribution in [0.3, 0.4) is 0 Å². The number of methoxy groups -OCH3 is 2. The van der Waals surface area contributed by atoms with E-state index < -0.39 is 0 Å². The number of furan rings is 1. The van der Waals surface area contributed by atoms with E-state index in [0.717, 1.165) is 36.1 Å². The van der Waals surface area contributed by atoms with Gasteiger partial charge in [-0.2, -0.15) is 0 Å². The molecule has 0 saturated heterocycles. The standard InChI is InChI=1S/C24H27NO4/c1-26-22-13-18(15-25-20-9-6-10-21-19(20)11-12-28-21)14-23(27-2)24(22)29-16-17-7-4-3-5-8-17/h3-5,7-8,11-14,20,25H,6,9-10,15-16H2,1-2H3. The monoisotopic (exact) mass is 393 g/mol. The van der Waals surface area contributed by atoms with Gasteiger partial charge in [0.05, 0.1) is 20.5 Å². The Morgan fingerprint density at radius 3 is 2.48 bits per heavy atom. The predicted molar refractivity (Wildman–Crippen MR) is 112 cm³/mol. The van der Waals surface area contributed by atoms with E-state index in [4.69, 9.17) is 18.6 Å². The van der Waals surface area contributed by atoms with E-state index in [0.29, 0.717) is 36.4 Å². The van der Waals surface area contributed by atoms with Crippen molar-refractivity contribution in [2.45, 2.75) is 38.5 Å². The van der Waals surface area contributed by atoms with Crippen molar-refractivity contribution >= 4 is 0 Å². The van der Waals surface area contributed by atoms with Crippen LogP contribution < -0.4 is 19.5 Å². The molecule has 0 amide bonds. The lowest BCUT2D eigenvalue weighted by atomic mass is 9.93. The van der Waals surface area contributed by atoms with Crippen molar-refractivity contribution in [1.29, 1.82) is 0 Å². The minimum atomic E-state index is 0.309. The topological polar surface area (TPSA) is 52.9 Å². The Hall–Kier alpha value is -2.92. The second-order valence-corrected chi connectivity index (χ2v) is 7.23. The fraction of sp³-hybridized carbons (Fsp3) is 0.333. The molecule has 0 spiro atoms. The molecule has 1 N–H and O–H groups in total. The van der Waals surface area contributed by atoms with E-state index >= 15 is 0 Å². The molecule has 1 aliphatic rings. The highest BCUT2D eigenvalue weighted by molar-refractivity contribution is 5.54. The Bertz CT molecular complexity index is 910. The SMILES string of the molecule is COc1cc(CNC2CCCc3occc32)cc(OC)c1OCc1ccccc1. The van der Waals surface area contributed by atoms with Gasteiger partial charge < -0.3 is 23.9 Å². The number of rotatable bonds is 8. The molecule has 2 aromatic carbocycles. The molecular formula is C24H27NO4. The molecule has 0 bridgehead atoms. The fourth-order valence-corrected chi connectivity index (χ4v) is 3.85. The molecule has 0 saturated carbocycles. The number of nitrogens with one attached hydrogen (secondary N) is 1. The molecule has 1 aliphatic carbocycles. The molecule has 0 aliphatic heterocycles. The number of ether oxygens (including phenoxy) is 3. The maximum Gasteiger partial charge on any atom is 0.203 e. The highest BCUT2D eigenvalue weighted by Crippen LogP contribution is 2.39. The molecule has 5 heteroatoms. The van der Waals surface area contributed by atoms with Gasteiger partial charge in [0.2, 0.25) is 5.75 Å². The first-order valence-corrected chi connectivity index (χ1v) is 9.99. The van der Waals surface area contributed by atoms with Crippen LogP contribution in [0.15, 0.2) is 59.2 Å². The molecule has 1 heterocycles. The molecule has 1 atom stereocenters. The number of fused-ring (bicyclic) bond motifs is 1. The zero-order chi connectivity index (χ0) is 20.1. The Morgan fingerprint density at radius 1 is 1.00 bits per heavy atom. The summed E-state index contributed by atoms with van der Waals surface area (Å²) in [6, 6.07) is 16.5. The summed E-state index contributed by atoms with van der Waals surface area (Å²) >= 11 is 0. The van der Waals surface area contributed by atoms with Gasteiger partial charge in [0.1, 0.15) is 12.4 Å². The van der Waals surface area contributed by atoms with Crippen molar-refractivity contribution in [1.82, 2.24) is 5.32 Å². The Morgan fingerprint density at radius 2 is 1.76 bits per heavy atom. The van der Waals surface area contributed by atoms with Crippen LogP contribution in [0.25, 0.3) is 0 Å². The molecule has 3 aromatic rings. The smallest absolute Gasteiger partial charge is 0.203 e. The Balaban J connectivity index is 1.49. The van der Waals surface area contributed by atoms with Crippen LogP contribution in [0.1, 0.15) is 41.3 Å². The van der Waals surface area contributed by atoms with Crippen LogP contribution in [0.4, 0.5) is 0 Å². The lowest BCUT2D eigenvalue weighted by Crippen LogP contribution is -2.24. The molecule has 1 aromatic heterocycles. The quantitative estimate of drug-likeness (QED) is 0.581. The van der Waals surface area contributed by atoms with Crippen LogP contribution >= 0.6 is 0 Å². The summed E-state index contributed by atoms with van der Waals surface area (Å²) in [6.45, 7) is 1.16. The summed E-state index contributed by atoms with van der Waals surface area (Å²) in [6.07, 6.45) is 5.06. The number of aryl methyl sites for hydroxylation is 1. The van der Waals surface area contributed by atoms with E-state index in [1.807, 2.05) is 42.5 Å². The third-order valence-corrected chi connectivity index (χ3v) is 5.35. The lowest BCUT2D eigenvalue weighted by molar-refractivity contribution is 0.265. The molecular weight excluding hydrogens is 366 g/mol. The van der Waals surface area contributed by atoms with Crippen LogP contribution in [-0.4, -0.2) is 14.2 Å². The molecule has 0 radical (unpaired) electrons. The highest BCUT2D eigenvalue weighted by Gasteiger charge is 2.22. The van der Waals surface area contributed by atoms with Gasteiger partial charge in [-0.3, -0.25) is 0 Å². The second-order valence-electron chi connectivity index (χ2n) is 7.23. The van der Waals surface area contributed by atoms with E-state index in [9.17, 15) is 0 Å². The van der Waals surface area contributed by atoms with E-state index in [1.54, 1.807) is 20.5 Å². The Kier molecular flexibility index (Phi) is 6.06. The first-order valence-electron chi connectivity index (χ1n) is 9.99. The lowest BCUT2D eigenvalue weighted by Gasteiger charge is -2.23. The molecule has 152 valence electrons. The van der Waals surface area contributed by atoms with Gasteiger partial charge in [0.15, 0.2) is 11.5 Å².